The topological polar surface area (TPSA) is 105 Å². The SMILES string of the molecule is COC(=O)c1nc(N2CCc3cccc(C(=O)N(COCC[Si](C)(C)C)c4nc5ccccc5s4)c3C2)sc1CO. The van der Waals surface area contributed by atoms with E-state index in [4.69, 9.17) is 14.5 Å². The quantitative estimate of drug-likeness (QED) is 0.108. The van der Waals surface area contributed by atoms with Crippen molar-refractivity contribution < 1.29 is 24.2 Å². The van der Waals surface area contributed by atoms with Crippen LogP contribution in [-0.4, -0.2) is 62.0 Å². The van der Waals surface area contributed by atoms with Crippen molar-refractivity contribution in [2.45, 2.75) is 45.3 Å². The molecule has 41 heavy (non-hydrogen) atoms. The van der Waals surface area contributed by atoms with E-state index in [0.29, 0.717) is 46.8 Å². The number of carbonyl (C=O) groups excluding carboxylic acids is 2. The Bertz CT molecular complexity index is 1530. The Hall–Kier alpha value is -3.16. The van der Waals surface area contributed by atoms with Crippen molar-refractivity contribution >= 4 is 63.1 Å². The monoisotopic (exact) mass is 610 g/mol. The van der Waals surface area contributed by atoms with Crippen LogP contribution in [-0.2, 0) is 29.0 Å². The highest BCUT2D eigenvalue weighted by molar-refractivity contribution is 7.22. The second-order valence-electron chi connectivity index (χ2n) is 11.1. The molecule has 0 bridgehead atoms. The molecule has 5 rings (SSSR count). The number of hydrogen-bond acceptors (Lipinski definition) is 10. The number of aliphatic hydroxyl groups excluding tert-OH is 1. The number of hydrogen-bond donors (Lipinski definition) is 1. The van der Waals surface area contributed by atoms with Crippen molar-refractivity contribution in [3.05, 3.63) is 69.7 Å². The molecule has 0 saturated heterocycles. The number of methoxy groups -OCH3 is 1. The van der Waals surface area contributed by atoms with Crippen LogP contribution < -0.4 is 9.80 Å². The minimum atomic E-state index is -1.30. The van der Waals surface area contributed by atoms with E-state index in [0.717, 1.165) is 27.4 Å². The van der Waals surface area contributed by atoms with E-state index in [1.807, 2.05) is 41.3 Å². The molecule has 1 N–H and O–H groups in total. The zero-order valence-electron chi connectivity index (χ0n) is 23.7. The Kier molecular flexibility index (Phi) is 8.85. The van der Waals surface area contributed by atoms with Crippen LogP contribution >= 0.6 is 22.7 Å². The molecule has 0 radical (unpaired) electrons. The lowest BCUT2D eigenvalue weighted by Crippen LogP contribution is -2.37. The molecule has 0 unspecified atom stereocenters. The summed E-state index contributed by atoms with van der Waals surface area (Å²) in [6.07, 6.45) is 0.714. The van der Waals surface area contributed by atoms with Gasteiger partial charge in [0.05, 0.1) is 28.8 Å². The van der Waals surface area contributed by atoms with Gasteiger partial charge in [-0.25, -0.2) is 14.8 Å². The van der Waals surface area contributed by atoms with E-state index in [1.165, 1.54) is 29.8 Å². The molecule has 0 fully saturated rings. The Balaban J connectivity index is 1.45. The molecular weight excluding hydrogens is 577 g/mol. The highest BCUT2D eigenvalue weighted by Crippen LogP contribution is 2.34. The van der Waals surface area contributed by atoms with Gasteiger partial charge in [0.25, 0.3) is 5.91 Å². The van der Waals surface area contributed by atoms with Crippen LogP contribution in [0.1, 0.15) is 36.9 Å². The molecule has 1 amide bonds. The number of aromatic nitrogens is 2. The van der Waals surface area contributed by atoms with Gasteiger partial charge in [-0.1, -0.05) is 66.6 Å². The fourth-order valence-electron chi connectivity index (χ4n) is 4.64. The highest BCUT2D eigenvalue weighted by Gasteiger charge is 2.29. The van der Waals surface area contributed by atoms with Crippen LogP contribution in [0.3, 0.4) is 0 Å². The standard InChI is InChI=1S/C29H34N4O5S2Si/c1-37-27(36)25-24(17-34)40-28(31-25)32-13-12-19-8-7-9-20(21(19)16-32)26(35)33(18-38-14-15-41(2,3)4)29-30-22-10-5-6-11-23(22)39-29/h5-11,34H,12-18H2,1-4H3. The molecule has 4 aromatic rings. The molecule has 0 saturated carbocycles. The fraction of sp³-hybridized carbons (Fsp3) is 0.379. The summed E-state index contributed by atoms with van der Waals surface area (Å²) in [5.41, 5.74) is 3.58. The third kappa shape index (κ3) is 6.51. The first kappa shape index (κ1) is 29.3. The molecule has 2 aromatic carbocycles. The summed E-state index contributed by atoms with van der Waals surface area (Å²) in [5, 5.41) is 11.0. The van der Waals surface area contributed by atoms with Gasteiger partial charge in [-0.05, 0) is 41.8 Å². The first-order valence-electron chi connectivity index (χ1n) is 13.5. The van der Waals surface area contributed by atoms with E-state index in [-0.39, 0.29) is 24.9 Å². The number of esters is 1. The van der Waals surface area contributed by atoms with Crippen LogP contribution in [0.15, 0.2) is 42.5 Å². The van der Waals surface area contributed by atoms with Crippen LogP contribution in [0.25, 0.3) is 10.2 Å². The van der Waals surface area contributed by atoms with E-state index in [1.54, 1.807) is 4.90 Å². The Morgan fingerprint density at radius 2 is 1.90 bits per heavy atom. The van der Waals surface area contributed by atoms with Crippen molar-refractivity contribution in [3.8, 4) is 0 Å². The number of thiazole rings is 2. The number of anilines is 2. The third-order valence-corrected chi connectivity index (χ3v) is 10.8. The van der Waals surface area contributed by atoms with Crippen LogP contribution in [0, 0.1) is 0 Å². The maximum absolute atomic E-state index is 14.3. The van der Waals surface area contributed by atoms with Gasteiger partial charge in [-0.15, -0.1) is 0 Å². The molecule has 3 heterocycles. The zero-order chi connectivity index (χ0) is 29.1. The van der Waals surface area contributed by atoms with Gasteiger partial charge < -0.3 is 19.5 Å². The normalized spacial score (nSPS) is 13.3. The molecule has 216 valence electrons. The summed E-state index contributed by atoms with van der Waals surface area (Å²) >= 11 is 2.74. The molecular formula is C29H34N4O5S2Si. The number of rotatable bonds is 10. The number of benzene rings is 2. The maximum atomic E-state index is 14.3. The predicted molar refractivity (Wildman–Crippen MR) is 166 cm³/mol. The molecule has 1 aliphatic rings. The average Bonchev–Trinajstić information content (AvgIpc) is 3.60. The molecule has 0 aliphatic carbocycles. The van der Waals surface area contributed by atoms with Gasteiger partial charge >= 0.3 is 5.97 Å². The van der Waals surface area contributed by atoms with Crippen molar-refractivity contribution in [2.24, 2.45) is 0 Å². The van der Waals surface area contributed by atoms with Crippen molar-refractivity contribution in [1.82, 2.24) is 9.97 Å². The van der Waals surface area contributed by atoms with Crippen LogP contribution in [0.4, 0.5) is 10.3 Å². The Labute approximate surface area is 248 Å². The second-order valence-corrected chi connectivity index (χ2v) is 18.8. The molecule has 9 nitrogen and oxygen atoms in total. The van der Waals surface area contributed by atoms with Gasteiger partial charge in [0.2, 0.25) is 0 Å². The summed E-state index contributed by atoms with van der Waals surface area (Å²) < 4.78 is 11.9. The zero-order valence-corrected chi connectivity index (χ0v) is 26.3. The number of nitrogens with zero attached hydrogens (tertiary/aromatic N) is 4. The number of carbonyl (C=O) groups is 2. The average molecular weight is 611 g/mol. The maximum Gasteiger partial charge on any atom is 0.358 e. The first-order valence-corrected chi connectivity index (χ1v) is 18.8. The number of amides is 1. The van der Waals surface area contributed by atoms with Crippen LogP contribution in [0.5, 0.6) is 0 Å². The number of ether oxygens (including phenoxy) is 2. The number of fused-ring (bicyclic) bond motifs is 2. The van der Waals surface area contributed by atoms with Gasteiger partial charge in [-0.2, -0.15) is 0 Å². The summed E-state index contributed by atoms with van der Waals surface area (Å²) in [6.45, 7) is 8.42. The fourth-order valence-corrected chi connectivity index (χ4v) is 7.28. The molecule has 2 aromatic heterocycles. The smallest absolute Gasteiger partial charge is 0.358 e. The van der Waals surface area contributed by atoms with Gasteiger partial charge in [0, 0.05) is 33.3 Å². The predicted octanol–water partition coefficient (Wildman–Crippen LogP) is 5.55. The first-order chi connectivity index (χ1) is 19.7. The minimum Gasteiger partial charge on any atom is -0.464 e. The van der Waals surface area contributed by atoms with Crippen LogP contribution in [0.2, 0.25) is 25.7 Å². The third-order valence-electron chi connectivity index (χ3n) is 6.96. The van der Waals surface area contributed by atoms with E-state index in [9.17, 15) is 14.7 Å². The molecule has 1 aliphatic heterocycles. The lowest BCUT2D eigenvalue weighted by atomic mass is 9.94. The van der Waals surface area contributed by atoms with Crippen molar-refractivity contribution in [3.63, 3.8) is 0 Å². The summed E-state index contributed by atoms with van der Waals surface area (Å²) in [5.74, 6) is -0.744. The Morgan fingerprint density at radius 1 is 1.10 bits per heavy atom. The number of para-hydroxylation sites is 1. The molecule has 12 heteroatoms. The second kappa shape index (κ2) is 12.4. The number of aliphatic hydroxyl groups is 1. The van der Waals surface area contributed by atoms with Gasteiger partial charge in [0.15, 0.2) is 16.0 Å². The molecule has 0 atom stereocenters. The van der Waals surface area contributed by atoms with Gasteiger partial charge in [-0.3, -0.25) is 9.69 Å². The Morgan fingerprint density at radius 3 is 2.63 bits per heavy atom. The summed E-state index contributed by atoms with van der Waals surface area (Å²) in [4.78, 5) is 39.9. The lowest BCUT2D eigenvalue weighted by Gasteiger charge is -2.31. The summed E-state index contributed by atoms with van der Waals surface area (Å²) in [7, 11) is -0.00179. The minimum absolute atomic E-state index is 0.116. The van der Waals surface area contributed by atoms with E-state index >= 15 is 0 Å². The van der Waals surface area contributed by atoms with E-state index < -0.39 is 14.0 Å². The van der Waals surface area contributed by atoms with Crippen molar-refractivity contribution in [1.29, 1.82) is 0 Å². The summed E-state index contributed by atoms with van der Waals surface area (Å²) in [6, 6.07) is 14.7. The van der Waals surface area contributed by atoms with E-state index in [2.05, 4.69) is 30.7 Å². The highest BCUT2D eigenvalue weighted by atomic mass is 32.1. The van der Waals surface area contributed by atoms with Gasteiger partial charge in [0.1, 0.15) is 6.73 Å². The lowest BCUT2D eigenvalue weighted by molar-refractivity contribution is 0.0591. The molecule has 0 spiro atoms. The van der Waals surface area contributed by atoms with Crippen molar-refractivity contribution in [2.75, 3.05) is 36.8 Å². The largest absolute Gasteiger partial charge is 0.464 e.